The lowest BCUT2D eigenvalue weighted by Gasteiger charge is -2.12. The Morgan fingerprint density at radius 2 is 2.25 bits per heavy atom. The third-order valence-corrected chi connectivity index (χ3v) is 5.68. The second kappa shape index (κ2) is 5.90. The van der Waals surface area contributed by atoms with Gasteiger partial charge in [-0.15, -0.1) is 11.3 Å². The minimum absolute atomic E-state index is 0.267. The number of carbonyl (C=O) groups is 1. The summed E-state index contributed by atoms with van der Waals surface area (Å²) in [5.74, 6) is -0.267. The molecule has 7 heteroatoms. The molecule has 102 valence electrons. The molecule has 4 nitrogen and oxygen atoms in total. The zero-order valence-electron chi connectivity index (χ0n) is 10.5. The van der Waals surface area contributed by atoms with Crippen molar-refractivity contribution in [1.82, 2.24) is 9.97 Å². The van der Waals surface area contributed by atoms with E-state index in [1.54, 1.807) is 22.7 Å². The first-order valence-electron chi connectivity index (χ1n) is 5.74. The first-order valence-corrected chi connectivity index (χ1v) is 8.44. The number of thiophene rings is 2. The van der Waals surface area contributed by atoms with Gasteiger partial charge in [-0.2, -0.15) is 11.3 Å². The number of fused-ring (bicyclic) bond motifs is 1. The molecule has 0 aliphatic heterocycles. The van der Waals surface area contributed by atoms with Gasteiger partial charge in [-0.1, -0.05) is 11.8 Å². The third kappa shape index (κ3) is 2.56. The maximum Gasteiger partial charge on any atom is 0.323 e. The van der Waals surface area contributed by atoms with Crippen LogP contribution in [0.25, 0.3) is 10.2 Å². The molecular formula is C13H10N2O2S3. The molecule has 0 saturated heterocycles. The Balaban J connectivity index is 1.97. The minimum atomic E-state index is -0.397. The number of nitrogens with zero attached hydrogens (tertiary/aromatic N) is 2. The maximum atomic E-state index is 12.0. The quantitative estimate of drug-likeness (QED) is 0.416. The van der Waals surface area contributed by atoms with Crippen molar-refractivity contribution >= 4 is 50.6 Å². The van der Waals surface area contributed by atoms with Crippen LogP contribution in [0.15, 0.2) is 39.6 Å². The van der Waals surface area contributed by atoms with Crippen LogP contribution in [0.2, 0.25) is 0 Å². The van der Waals surface area contributed by atoms with E-state index in [9.17, 15) is 4.79 Å². The number of ether oxygens (including phenoxy) is 1. The average Bonchev–Trinajstić information content (AvgIpc) is 3.14. The van der Waals surface area contributed by atoms with Crippen molar-refractivity contribution < 1.29 is 9.53 Å². The zero-order valence-corrected chi connectivity index (χ0v) is 12.9. The van der Waals surface area contributed by atoms with Crippen molar-refractivity contribution in [3.05, 3.63) is 40.2 Å². The van der Waals surface area contributed by atoms with Gasteiger partial charge in [0, 0.05) is 0 Å². The van der Waals surface area contributed by atoms with Crippen LogP contribution in [-0.4, -0.2) is 23.0 Å². The number of esters is 1. The molecule has 0 amide bonds. The Kier molecular flexibility index (Phi) is 4.00. The van der Waals surface area contributed by atoms with Gasteiger partial charge < -0.3 is 4.74 Å². The fourth-order valence-electron chi connectivity index (χ4n) is 1.75. The molecule has 0 radical (unpaired) electrons. The van der Waals surface area contributed by atoms with E-state index in [2.05, 4.69) is 9.97 Å². The molecule has 3 aromatic rings. The van der Waals surface area contributed by atoms with Crippen LogP contribution in [0.5, 0.6) is 0 Å². The maximum absolute atomic E-state index is 12.0. The van der Waals surface area contributed by atoms with Gasteiger partial charge >= 0.3 is 5.97 Å². The van der Waals surface area contributed by atoms with Gasteiger partial charge in [0.15, 0.2) is 0 Å². The second-order valence-corrected chi connectivity index (χ2v) is 6.68. The number of hydrogen-bond acceptors (Lipinski definition) is 7. The lowest BCUT2D eigenvalue weighted by molar-refractivity contribution is -0.140. The third-order valence-electron chi connectivity index (χ3n) is 2.70. The lowest BCUT2D eigenvalue weighted by Crippen LogP contribution is -2.10. The highest BCUT2D eigenvalue weighted by Crippen LogP contribution is 2.39. The number of aromatic nitrogens is 2. The Morgan fingerprint density at radius 1 is 1.35 bits per heavy atom. The van der Waals surface area contributed by atoms with Crippen LogP contribution in [0.1, 0.15) is 10.8 Å². The van der Waals surface area contributed by atoms with Crippen LogP contribution < -0.4 is 0 Å². The molecule has 0 fully saturated rings. The molecule has 3 rings (SSSR count). The van der Waals surface area contributed by atoms with Crippen molar-refractivity contribution in [2.45, 2.75) is 10.3 Å². The van der Waals surface area contributed by atoms with Crippen molar-refractivity contribution in [1.29, 1.82) is 0 Å². The zero-order chi connectivity index (χ0) is 13.9. The number of rotatable bonds is 4. The van der Waals surface area contributed by atoms with Gasteiger partial charge in [-0.3, -0.25) is 4.79 Å². The van der Waals surface area contributed by atoms with Crippen molar-refractivity contribution in [3.63, 3.8) is 0 Å². The summed E-state index contributed by atoms with van der Waals surface area (Å²) in [6.07, 6.45) is 1.53. The van der Waals surface area contributed by atoms with Gasteiger partial charge in [0.1, 0.15) is 16.6 Å². The fourth-order valence-corrected chi connectivity index (χ4v) is 4.55. The van der Waals surface area contributed by atoms with E-state index in [0.717, 1.165) is 20.8 Å². The summed E-state index contributed by atoms with van der Waals surface area (Å²) in [5.41, 5.74) is 1.84. The molecule has 0 bridgehead atoms. The summed E-state index contributed by atoms with van der Waals surface area (Å²) >= 11 is 4.54. The molecule has 0 unspecified atom stereocenters. The summed E-state index contributed by atoms with van der Waals surface area (Å²) in [5, 5.41) is 6.30. The largest absolute Gasteiger partial charge is 0.468 e. The minimum Gasteiger partial charge on any atom is -0.468 e. The number of carbonyl (C=O) groups excluding carboxylic acids is 1. The van der Waals surface area contributed by atoms with Crippen molar-refractivity contribution in [2.75, 3.05) is 7.11 Å². The summed E-state index contributed by atoms with van der Waals surface area (Å²) in [7, 11) is 1.41. The van der Waals surface area contributed by atoms with E-state index in [1.165, 1.54) is 25.2 Å². The number of methoxy groups -OCH3 is 1. The number of hydrogen-bond donors (Lipinski definition) is 0. The van der Waals surface area contributed by atoms with E-state index in [-0.39, 0.29) is 5.97 Å². The van der Waals surface area contributed by atoms with Crippen LogP contribution in [0, 0.1) is 0 Å². The Labute approximate surface area is 127 Å². The van der Waals surface area contributed by atoms with Gasteiger partial charge in [0.05, 0.1) is 17.3 Å². The molecular weight excluding hydrogens is 312 g/mol. The van der Waals surface area contributed by atoms with E-state index in [1.807, 2.05) is 28.3 Å². The molecule has 0 spiro atoms. The summed E-state index contributed by atoms with van der Waals surface area (Å²) in [6.45, 7) is 0. The Bertz CT molecular complexity index is 724. The smallest absolute Gasteiger partial charge is 0.323 e. The first-order chi connectivity index (χ1) is 9.79. The van der Waals surface area contributed by atoms with Gasteiger partial charge in [-0.25, -0.2) is 9.97 Å². The lowest BCUT2D eigenvalue weighted by atomic mass is 10.2. The molecule has 0 N–H and O–H groups in total. The van der Waals surface area contributed by atoms with Crippen LogP contribution in [0.4, 0.5) is 0 Å². The molecule has 1 atom stereocenters. The summed E-state index contributed by atoms with van der Waals surface area (Å²) < 4.78 is 5.91. The Hall–Kier alpha value is -1.44. The monoisotopic (exact) mass is 322 g/mol. The molecule has 20 heavy (non-hydrogen) atoms. The van der Waals surface area contributed by atoms with Crippen molar-refractivity contribution in [3.8, 4) is 0 Å². The topological polar surface area (TPSA) is 52.1 Å². The summed E-state index contributed by atoms with van der Waals surface area (Å²) in [4.78, 5) is 20.5. The molecule has 0 aliphatic rings. The SMILES string of the molecule is COC(=O)[C@H](Sc1ncnc2ccsc12)c1ccsc1. The van der Waals surface area contributed by atoms with E-state index in [0.29, 0.717) is 0 Å². The molecule has 0 saturated carbocycles. The molecule has 0 aromatic carbocycles. The first kappa shape index (κ1) is 13.5. The normalized spacial score (nSPS) is 12.4. The Morgan fingerprint density at radius 3 is 3.00 bits per heavy atom. The molecule has 3 aromatic heterocycles. The molecule has 3 heterocycles. The van der Waals surface area contributed by atoms with Crippen molar-refractivity contribution in [2.24, 2.45) is 0 Å². The summed E-state index contributed by atoms with van der Waals surface area (Å²) in [6, 6.07) is 3.88. The van der Waals surface area contributed by atoms with Gasteiger partial charge in [-0.05, 0) is 33.8 Å². The fraction of sp³-hybridized carbons (Fsp3) is 0.154. The van der Waals surface area contributed by atoms with E-state index >= 15 is 0 Å². The second-order valence-electron chi connectivity index (χ2n) is 3.89. The number of thioether (sulfide) groups is 1. The average molecular weight is 322 g/mol. The van der Waals surface area contributed by atoms with E-state index in [4.69, 9.17) is 4.74 Å². The van der Waals surface area contributed by atoms with Gasteiger partial charge in [0.2, 0.25) is 0 Å². The standard InChI is InChI=1S/C13H10N2O2S3/c1-17-13(16)10(8-2-4-18-6-8)20-12-11-9(3-5-19-11)14-7-15-12/h2-7,10H,1H3/t10-/m1/s1. The predicted molar refractivity (Wildman–Crippen MR) is 82.3 cm³/mol. The molecule has 0 aliphatic carbocycles. The van der Waals surface area contributed by atoms with Crippen LogP contribution in [-0.2, 0) is 9.53 Å². The van der Waals surface area contributed by atoms with Crippen LogP contribution >= 0.6 is 34.4 Å². The highest BCUT2D eigenvalue weighted by atomic mass is 32.2. The van der Waals surface area contributed by atoms with Crippen LogP contribution in [0.3, 0.4) is 0 Å². The van der Waals surface area contributed by atoms with Gasteiger partial charge in [0.25, 0.3) is 0 Å². The predicted octanol–water partition coefficient (Wildman–Crippen LogP) is 3.76. The highest BCUT2D eigenvalue weighted by molar-refractivity contribution is 8.00. The van der Waals surface area contributed by atoms with E-state index < -0.39 is 5.25 Å². The highest BCUT2D eigenvalue weighted by Gasteiger charge is 2.25.